The maximum absolute atomic E-state index is 6.49. The molecule has 0 aliphatic carbocycles. The van der Waals surface area contributed by atoms with Crippen molar-refractivity contribution in [3.63, 3.8) is 0 Å². The van der Waals surface area contributed by atoms with E-state index in [-0.39, 0.29) is 0 Å². The standard InChI is InChI=1S/C20H22N2O2/c1-3-7-17(8-4-1)19-15-21-20(24-19,18-9-5-2-6-10-18)16-22-11-13-23-14-12-22/h1-10,15,21H,11-14,16H2. The highest BCUT2D eigenvalue weighted by Gasteiger charge is 2.40. The third-order valence-corrected chi connectivity index (χ3v) is 4.57. The Balaban J connectivity index is 1.61. The van der Waals surface area contributed by atoms with Crippen LogP contribution in [0, 0.1) is 0 Å². The minimum Gasteiger partial charge on any atom is -0.460 e. The SMILES string of the molecule is C1=C(c2ccccc2)OC(CN2CCOCC2)(c2ccccc2)N1. The van der Waals surface area contributed by atoms with Gasteiger partial charge in [-0.1, -0.05) is 60.7 Å². The zero-order chi connectivity index (χ0) is 16.2. The number of nitrogens with zero attached hydrogens (tertiary/aromatic N) is 1. The summed E-state index contributed by atoms with van der Waals surface area (Å²) < 4.78 is 12.0. The van der Waals surface area contributed by atoms with Gasteiger partial charge >= 0.3 is 0 Å². The maximum atomic E-state index is 6.49. The van der Waals surface area contributed by atoms with E-state index in [9.17, 15) is 0 Å². The normalized spacial score (nSPS) is 24.1. The molecule has 2 aromatic rings. The van der Waals surface area contributed by atoms with Crippen molar-refractivity contribution in [1.82, 2.24) is 10.2 Å². The molecule has 2 heterocycles. The Hall–Kier alpha value is -2.30. The summed E-state index contributed by atoms with van der Waals surface area (Å²) in [6, 6.07) is 20.6. The molecule has 0 spiro atoms. The number of ether oxygens (including phenoxy) is 2. The highest BCUT2D eigenvalue weighted by Crippen LogP contribution is 2.35. The first kappa shape index (κ1) is 15.2. The van der Waals surface area contributed by atoms with Crippen molar-refractivity contribution < 1.29 is 9.47 Å². The van der Waals surface area contributed by atoms with Crippen LogP contribution in [0.1, 0.15) is 11.1 Å². The van der Waals surface area contributed by atoms with Crippen LogP contribution in [0.25, 0.3) is 5.76 Å². The fraction of sp³-hybridized carbons (Fsp3) is 0.300. The molecule has 2 aliphatic rings. The molecule has 124 valence electrons. The third kappa shape index (κ3) is 3.03. The molecule has 1 unspecified atom stereocenters. The fourth-order valence-corrected chi connectivity index (χ4v) is 3.27. The summed E-state index contributed by atoms with van der Waals surface area (Å²) in [5.74, 6) is 0.882. The van der Waals surface area contributed by atoms with Crippen LogP contribution in [0.3, 0.4) is 0 Å². The number of nitrogens with one attached hydrogen (secondary N) is 1. The Morgan fingerprint density at radius 2 is 1.58 bits per heavy atom. The van der Waals surface area contributed by atoms with E-state index >= 15 is 0 Å². The predicted octanol–water partition coefficient (Wildman–Crippen LogP) is 2.79. The zero-order valence-corrected chi connectivity index (χ0v) is 13.7. The van der Waals surface area contributed by atoms with Gasteiger partial charge in [-0.3, -0.25) is 4.90 Å². The molecule has 4 nitrogen and oxygen atoms in total. The first-order valence-electron chi connectivity index (χ1n) is 8.44. The first-order chi connectivity index (χ1) is 11.9. The van der Waals surface area contributed by atoms with E-state index < -0.39 is 5.72 Å². The van der Waals surface area contributed by atoms with Gasteiger partial charge < -0.3 is 14.8 Å². The minimum atomic E-state index is -0.552. The van der Waals surface area contributed by atoms with E-state index in [1.54, 1.807) is 0 Å². The fourth-order valence-electron chi connectivity index (χ4n) is 3.27. The monoisotopic (exact) mass is 322 g/mol. The number of benzene rings is 2. The lowest BCUT2D eigenvalue weighted by Gasteiger charge is -2.37. The summed E-state index contributed by atoms with van der Waals surface area (Å²) >= 11 is 0. The van der Waals surface area contributed by atoms with E-state index in [2.05, 4.69) is 46.6 Å². The quantitative estimate of drug-likeness (QED) is 0.938. The van der Waals surface area contributed by atoms with Crippen LogP contribution in [0.2, 0.25) is 0 Å². The zero-order valence-electron chi connectivity index (χ0n) is 13.7. The first-order valence-corrected chi connectivity index (χ1v) is 8.44. The predicted molar refractivity (Wildman–Crippen MR) is 94.0 cm³/mol. The molecule has 1 atom stereocenters. The molecular formula is C20H22N2O2. The molecule has 0 aromatic heterocycles. The Kier molecular flexibility index (Phi) is 4.24. The van der Waals surface area contributed by atoms with Crippen molar-refractivity contribution in [2.24, 2.45) is 0 Å². The van der Waals surface area contributed by atoms with Crippen LogP contribution in [0.5, 0.6) is 0 Å². The minimum absolute atomic E-state index is 0.552. The highest BCUT2D eigenvalue weighted by atomic mass is 16.5. The molecular weight excluding hydrogens is 300 g/mol. The van der Waals surface area contributed by atoms with Crippen LogP contribution < -0.4 is 5.32 Å². The van der Waals surface area contributed by atoms with Crippen molar-refractivity contribution in [2.45, 2.75) is 5.72 Å². The molecule has 0 saturated carbocycles. The number of rotatable bonds is 4. The molecule has 2 aliphatic heterocycles. The second kappa shape index (κ2) is 6.67. The summed E-state index contributed by atoms with van der Waals surface area (Å²) in [7, 11) is 0. The molecule has 2 aromatic carbocycles. The summed E-state index contributed by atoms with van der Waals surface area (Å²) in [5, 5.41) is 3.52. The van der Waals surface area contributed by atoms with Gasteiger partial charge in [0.1, 0.15) is 5.76 Å². The summed E-state index contributed by atoms with van der Waals surface area (Å²) in [6.45, 7) is 4.21. The summed E-state index contributed by atoms with van der Waals surface area (Å²) in [4.78, 5) is 2.39. The van der Waals surface area contributed by atoms with E-state index in [0.717, 1.165) is 49.7 Å². The van der Waals surface area contributed by atoms with Gasteiger partial charge in [-0.15, -0.1) is 0 Å². The highest BCUT2D eigenvalue weighted by molar-refractivity contribution is 5.62. The van der Waals surface area contributed by atoms with Crippen molar-refractivity contribution >= 4 is 5.76 Å². The van der Waals surface area contributed by atoms with E-state index in [1.165, 1.54) is 0 Å². The van der Waals surface area contributed by atoms with E-state index in [1.807, 2.05) is 30.5 Å². The molecule has 0 bridgehead atoms. The number of hydrogen-bond donors (Lipinski definition) is 1. The molecule has 0 amide bonds. The third-order valence-electron chi connectivity index (χ3n) is 4.57. The van der Waals surface area contributed by atoms with Crippen molar-refractivity contribution in [3.05, 3.63) is 78.0 Å². The largest absolute Gasteiger partial charge is 0.460 e. The topological polar surface area (TPSA) is 33.7 Å². The second-order valence-corrected chi connectivity index (χ2v) is 6.20. The molecule has 1 N–H and O–H groups in total. The van der Waals surface area contributed by atoms with Crippen molar-refractivity contribution in [3.8, 4) is 0 Å². The van der Waals surface area contributed by atoms with Gasteiger partial charge in [-0.05, 0) is 0 Å². The van der Waals surface area contributed by atoms with Gasteiger partial charge in [-0.2, -0.15) is 0 Å². The molecule has 1 saturated heterocycles. The molecule has 4 heteroatoms. The lowest BCUT2D eigenvalue weighted by atomic mass is 10.0. The van der Waals surface area contributed by atoms with Gasteiger partial charge in [0.15, 0.2) is 0 Å². The Bertz CT molecular complexity index is 696. The van der Waals surface area contributed by atoms with Crippen molar-refractivity contribution in [2.75, 3.05) is 32.8 Å². The van der Waals surface area contributed by atoms with Crippen LogP contribution in [0.4, 0.5) is 0 Å². The van der Waals surface area contributed by atoms with Crippen molar-refractivity contribution in [1.29, 1.82) is 0 Å². The summed E-state index contributed by atoms with van der Waals surface area (Å²) in [5.41, 5.74) is 1.67. The van der Waals surface area contributed by atoms with E-state index in [4.69, 9.17) is 9.47 Å². The Labute approximate surface area is 142 Å². The molecule has 0 radical (unpaired) electrons. The number of morpholine rings is 1. The second-order valence-electron chi connectivity index (χ2n) is 6.20. The Morgan fingerprint density at radius 3 is 2.29 bits per heavy atom. The van der Waals surface area contributed by atoms with Gasteiger partial charge in [0, 0.05) is 30.4 Å². The average Bonchev–Trinajstić information content (AvgIpc) is 3.09. The smallest absolute Gasteiger partial charge is 0.219 e. The Morgan fingerprint density at radius 1 is 0.917 bits per heavy atom. The maximum Gasteiger partial charge on any atom is 0.219 e. The van der Waals surface area contributed by atoms with Crippen LogP contribution in [-0.2, 0) is 15.2 Å². The number of hydrogen-bond acceptors (Lipinski definition) is 4. The average molecular weight is 322 g/mol. The molecule has 24 heavy (non-hydrogen) atoms. The van der Waals surface area contributed by atoms with Crippen LogP contribution in [-0.4, -0.2) is 37.7 Å². The van der Waals surface area contributed by atoms with Crippen LogP contribution >= 0.6 is 0 Å². The van der Waals surface area contributed by atoms with Gasteiger partial charge in [0.05, 0.1) is 19.8 Å². The van der Waals surface area contributed by atoms with Gasteiger partial charge in [0.25, 0.3) is 0 Å². The molecule has 1 fully saturated rings. The van der Waals surface area contributed by atoms with E-state index in [0.29, 0.717) is 0 Å². The lowest BCUT2D eigenvalue weighted by Crippen LogP contribution is -2.51. The molecule has 4 rings (SSSR count). The van der Waals surface area contributed by atoms with Crippen LogP contribution in [0.15, 0.2) is 66.9 Å². The van der Waals surface area contributed by atoms with Gasteiger partial charge in [0.2, 0.25) is 5.72 Å². The summed E-state index contributed by atoms with van der Waals surface area (Å²) in [6.07, 6.45) is 1.99. The van der Waals surface area contributed by atoms with Gasteiger partial charge in [-0.25, -0.2) is 0 Å². The lowest BCUT2D eigenvalue weighted by molar-refractivity contribution is -0.0360.